The fourth-order valence-corrected chi connectivity index (χ4v) is 2.87. The molecule has 2 nitrogen and oxygen atoms in total. The molecule has 0 fully saturated rings. The van der Waals surface area contributed by atoms with Gasteiger partial charge >= 0.3 is 0 Å². The molecule has 1 aromatic carbocycles. The minimum absolute atomic E-state index is 0.245. The third-order valence-electron chi connectivity index (χ3n) is 3.56. The second-order valence-corrected chi connectivity index (χ2v) is 5.36. The number of hydrogen-bond acceptors (Lipinski definition) is 2. The maximum Gasteiger partial charge on any atom is 0.120 e. The highest BCUT2D eigenvalue weighted by Gasteiger charge is 2.23. The number of halogens is 1. The van der Waals surface area contributed by atoms with E-state index < -0.39 is 0 Å². The van der Waals surface area contributed by atoms with E-state index in [9.17, 15) is 0 Å². The van der Waals surface area contributed by atoms with Crippen LogP contribution in [0.25, 0.3) is 0 Å². The molecular formula is C15H16ClNO. The minimum atomic E-state index is 0.245. The maximum atomic E-state index is 6.02. The van der Waals surface area contributed by atoms with Crippen molar-refractivity contribution in [1.29, 1.82) is 0 Å². The molecule has 0 bridgehead atoms. The fourth-order valence-electron chi connectivity index (χ4n) is 2.68. The average molecular weight is 262 g/mol. The molecule has 0 radical (unpaired) electrons. The molecule has 3 rings (SSSR count). The highest BCUT2D eigenvalue weighted by molar-refractivity contribution is 6.30. The van der Waals surface area contributed by atoms with E-state index in [2.05, 4.69) is 24.4 Å². The molecular weight excluding hydrogens is 246 g/mol. The topological polar surface area (TPSA) is 25.2 Å². The van der Waals surface area contributed by atoms with Crippen molar-refractivity contribution >= 4 is 11.6 Å². The van der Waals surface area contributed by atoms with Crippen LogP contribution in [0.3, 0.4) is 0 Å². The molecule has 1 unspecified atom stereocenters. The van der Waals surface area contributed by atoms with Crippen molar-refractivity contribution in [1.82, 2.24) is 5.32 Å². The van der Waals surface area contributed by atoms with Crippen molar-refractivity contribution in [3.63, 3.8) is 0 Å². The molecule has 0 saturated carbocycles. The Kier molecular flexibility index (Phi) is 3.14. The van der Waals surface area contributed by atoms with Gasteiger partial charge in [-0.15, -0.1) is 0 Å². The molecule has 0 amide bonds. The first-order valence-corrected chi connectivity index (χ1v) is 6.67. The summed E-state index contributed by atoms with van der Waals surface area (Å²) >= 11 is 6.02. The van der Waals surface area contributed by atoms with Gasteiger partial charge in [0.15, 0.2) is 0 Å². The molecule has 2 aromatic rings. The fraction of sp³-hybridized carbons (Fsp3) is 0.333. The largest absolute Gasteiger partial charge is 0.468 e. The smallest absolute Gasteiger partial charge is 0.120 e. The highest BCUT2D eigenvalue weighted by atomic mass is 35.5. The van der Waals surface area contributed by atoms with Crippen molar-refractivity contribution < 1.29 is 4.42 Å². The summed E-state index contributed by atoms with van der Waals surface area (Å²) in [5, 5.41) is 4.44. The Morgan fingerprint density at radius 3 is 2.89 bits per heavy atom. The lowest BCUT2D eigenvalue weighted by atomic mass is 10.1. The summed E-state index contributed by atoms with van der Waals surface area (Å²) in [5.74, 6) is 0.990. The van der Waals surface area contributed by atoms with E-state index in [-0.39, 0.29) is 6.04 Å². The quantitative estimate of drug-likeness (QED) is 0.910. The normalized spacial score (nSPS) is 19.8. The van der Waals surface area contributed by atoms with Gasteiger partial charge in [-0.05, 0) is 55.2 Å². The van der Waals surface area contributed by atoms with Gasteiger partial charge in [0.1, 0.15) is 5.76 Å². The molecule has 0 saturated heterocycles. The SMILES string of the molecule is C[C@@H](NC1Cc2ccc(Cl)cc2C1)c1ccco1. The number of nitrogens with one attached hydrogen (secondary N) is 1. The number of rotatable bonds is 3. The van der Waals surface area contributed by atoms with Gasteiger partial charge in [0.25, 0.3) is 0 Å². The van der Waals surface area contributed by atoms with Gasteiger partial charge < -0.3 is 9.73 Å². The predicted octanol–water partition coefficient (Wildman–Crippen LogP) is 3.75. The molecule has 0 aliphatic heterocycles. The lowest BCUT2D eigenvalue weighted by Crippen LogP contribution is -2.31. The summed E-state index contributed by atoms with van der Waals surface area (Å²) in [6, 6.07) is 10.8. The molecule has 1 aromatic heterocycles. The number of furan rings is 1. The van der Waals surface area contributed by atoms with Gasteiger partial charge in [0.05, 0.1) is 12.3 Å². The Bertz CT molecular complexity index is 535. The van der Waals surface area contributed by atoms with Gasteiger partial charge in [0, 0.05) is 11.1 Å². The lowest BCUT2D eigenvalue weighted by Gasteiger charge is -2.17. The number of hydrogen-bond donors (Lipinski definition) is 1. The minimum Gasteiger partial charge on any atom is -0.468 e. The average Bonchev–Trinajstić information content (AvgIpc) is 2.95. The molecule has 1 heterocycles. The second kappa shape index (κ2) is 4.79. The predicted molar refractivity (Wildman–Crippen MR) is 72.9 cm³/mol. The van der Waals surface area contributed by atoms with E-state index in [1.807, 2.05) is 18.2 Å². The van der Waals surface area contributed by atoms with E-state index in [4.69, 9.17) is 16.0 Å². The molecule has 0 spiro atoms. The molecule has 3 heteroatoms. The molecule has 2 atom stereocenters. The highest BCUT2D eigenvalue weighted by Crippen LogP contribution is 2.26. The molecule has 1 aliphatic carbocycles. The van der Waals surface area contributed by atoms with Gasteiger partial charge in [-0.25, -0.2) is 0 Å². The van der Waals surface area contributed by atoms with Crippen LogP contribution >= 0.6 is 11.6 Å². The standard InChI is InChI=1S/C15H16ClNO/c1-10(15-3-2-6-18-15)17-14-8-11-4-5-13(16)7-12(11)9-14/h2-7,10,14,17H,8-9H2,1H3/t10-,14?/m1/s1. The van der Waals surface area contributed by atoms with Gasteiger partial charge in [-0.3, -0.25) is 0 Å². The monoisotopic (exact) mass is 261 g/mol. The van der Waals surface area contributed by atoms with Crippen LogP contribution in [0.1, 0.15) is 29.9 Å². The molecule has 1 aliphatic rings. The zero-order chi connectivity index (χ0) is 12.5. The third-order valence-corrected chi connectivity index (χ3v) is 3.79. The summed E-state index contributed by atoms with van der Waals surface area (Å²) in [5.41, 5.74) is 2.77. The van der Waals surface area contributed by atoms with Gasteiger partial charge in [0.2, 0.25) is 0 Å². The number of fused-ring (bicyclic) bond motifs is 1. The molecule has 94 valence electrons. The van der Waals surface area contributed by atoms with Crippen LogP contribution in [0.15, 0.2) is 41.0 Å². The van der Waals surface area contributed by atoms with Crippen LogP contribution in [-0.2, 0) is 12.8 Å². The van der Waals surface area contributed by atoms with E-state index in [1.54, 1.807) is 6.26 Å². The van der Waals surface area contributed by atoms with Crippen molar-refractivity contribution in [2.75, 3.05) is 0 Å². The molecule has 1 N–H and O–H groups in total. The van der Waals surface area contributed by atoms with E-state index >= 15 is 0 Å². The van der Waals surface area contributed by atoms with Crippen LogP contribution in [0.5, 0.6) is 0 Å². The van der Waals surface area contributed by atoms with E-state index in [1.165, 1.54) is 11.1 Å². The van der Waals surface area contributed by atoms with Crippen LogP contribution in [-0.4, -0.2) is 6.04 Å². The van der Waals surface area contributed by atoms with Crippen LogP contribution in [0.4, 0.5) is 0 Å². The first kappa shape index (κ1) is 11.8. The van der Waals surface area contributed by atoms with Crippen LogP contribution in [0.2, 0.25) is 5.02 Å². The summed E-state index contributed by atoms with van der Waals surface area (Å²) in [7, 11) is 0. The van der Waals surface area contributed by atoms with Crippen LogP contribution < -0.4 is 5.32 Å². The first-order valence-electron chi connectivity index (χ1n) is 6.29. The van der Waals surface area contributed by atoms with Gasteiger partial charge in [-0.1, -0.05) is 17.7 Å². The Morgan fingerprint density at radius 1 is 1.28 bits per heavy atom. The van der Waals surface area contributed by atoms with Crippen molar-refractivity contribution in [3.05, 3.63) is 58.5 Å². The Hall–Kier alpha value is -1.25. The van der Waals surface area contributed by atoms with Gasteiger partial charge in [-0.2, -0.15) is 0 Å². The maximum absolute atomic E-state index is 6.02. The van der Waals surface area contributed by atoms with E-state index in [0.717, 1.165) is 23.6 Å². The van der Waals surface area contributed by atoms with Crippen LogP contribution in [0, 0.1) is 0 Å². The second-order valence-electron chi connectivity index (χ2n) is 4.92. The Morgan fingerprint density at radius 2 is 2.11 bits per heavy atom. The Balaban J connectivity index is 1.67. The third kappa shape index (κ3) is 2.31. The summed E-state index contributed by atoms with van der Waals surface area (Å²) < 4.78 is 5.42. The van der Waals surface area contributed by atoms with Crippen molar-refractivity contribution in [2.24, 2.45) is 0 Å². The van der Waals surface area contributed by atoms with Crippen molar-refractivity contribution in [2.45, 2.75) is 31.8 Å². The van der Waals surface area contributed by atoms with Crippen molar-refractivity contribution in [3.8, 4) is 0 Å². The summed E-state index contributed by atoms with van der Waals surface area (Å²) in [6.07, 6.45) is 3.83. The number of benzene rings is 1. The summed E-state index contributed by atoms with van der Waals surface area (Å²) in [6.45, 7) is 2.13. The van der Waals surface area contributed by atoms with E-state index in [0.29, 0.717) is 6.04 Å². The lowest BCUT2D eigenvalue weighted by molar-refractivity contribution is 0.392. The zero-order valence-corrected chi connectivity index (χ0v) is 11.1. The zero-order valence-electron chi connectivity index (χ0n) is 10.3. The molecule has 18 heavy (non-hydrogen) atoms. The Labute approximate surface area is 112 Å². The first-order chi connectivity index (χ1) is 8.72. The summed E-state index contributed by atoms with van der Waals surface area (Å²) in [4.78, 5) is 0.